The van der Waals surface area contributed by atoms with Gasteiger partial charge in [0.1, 0.15) is 11.6 Å². The Balaban J connectivity index is 2.52. The quantitative estimate of drug-likeness (QED) is 0.897. The minimum absolute atomic E-state index is 0.0887. The highest BCUT2D eigenvalue weighted by Crippen LogP contribution is 2.32. The molecule has 1 aromatic heterocycles. The van der Waals surface area contributed by atoms with E-state index in [9.17, 15) is 8.78 Å². The summed E-state index contributed by atoms with van der Waals surface area (Å²) in [5.41, 5.74) is 3.05. The Morgan fingerprint density at radius 2 is 2.05 bits per heavy atom. The van der Waals surface area contributed by atoms with Gasteiger partial charge in [0.25, 0.3) is 0 Å². The molecule has 1 N–H and O–H groups in total. The molecule has 0 amide bonds. The fourth-order valence-electron chi connectivity index (χ4n) is 2.15. The Morgan fingerprint density at radius 3 is 2.65 bits per heavy atom. The van der Waals surface area contributed by atoms with Crippen molar-refractivity contribution in [2.75, 3.05) is 6.54 Å². The fourth-order valence-corrected chi connectivity index (χ4v) is 3.03. The van der Waals surface area contributed by atoms with E-state index in [4.69, 9.17) is 0 Å². The Morgan fingerprint density at radius 1 is 1.30 bits per heavy atom. The average Bonchev–Trinajstić information content (AvgIpc) is 2.84. The van der Waals surface area contributed by atoms with Crippen LogP contribution in [0.15, 0.2) is 17.6 Å². The Bertz CT molecular complexity index is 596. The molecule has 0 aliphatic carbocycles. The van der Waals surface area contributed by atoms with Crippen LogP contribution in [0.2, 0.25) is 0 Å². The minimum atomic E-state index is -0.519. The molecule has 2 aromatic rings. The van der Waals surface area contributed by atoms with Gasteiger partial charge >= 0.3 is 0 Å². The van der Waals surface area contributed by atoms with Crippen LogP contribution in [0.4, 0.5) is 8.78 Å². The monoisotopic (exact) mass is 296 g/mol. The van der Waals surface area contributed by atoms with E-state index in [2.05, 4.69) is 10.3 Å². The molecule has 1 unspecified atom stereocenters. The SMILES string of the molecule is CCCNC(c1scnc1C)c1c(F)ccc(C)c1F. The first kappa shape index (κ1) is 15.1. The molecule has 0 fully saturated rings. The van der Waals surface area contributed by atoms with E-state index in [-0.39, 0.29) is 5.56 Å². The standard InChI is InChI=1S/C15H18F2N2S/c1-4-7-18-14(15-10(3)19-8-20-15)12-11(16)6-5-9(2)13(12)17/h5-6,8,14,18H,4,7H2,1-3H3. The molecule has 0 spiro atoms. The highest BCUT2D eigenvalue weighted by molar-refractivity contribution is 7.09. The largest absolute Gasteiger partial charge is 0.305 e. The molecule has 0 aliphatic rings. The van der Waals surface area contributed by atoms with Crippen molar-refractivity contribution in [2.24, 2.45) is 0 Å². The van der Waals surface area contributed by atoms with E-state index in [1.54, 1.807) is 12.4 Å². The molecule has 108 valence electrons. The van der Waals surface area contributed by atoms with Crippen LogP contribution in [-0.2, 0) is 0 Å². The number of rotatable bonds is 5. The zero-order chi connectivity index (χ0) is 14.7. The van der Waals surface area contributed by atoms with E-state index < -0.39 is 17.7 Å². The summed E-state index contributed by atoms with van der Waals surface area (Å²) in [5.74, 6) is -0.999. The predicted octanol–water partition coefficient (Wildman–Crippen LogP) is 4.13. The Labute approximate surface area is 121 Å². The molecule has 20 heavy (non-hydrogen) atoms. The van der Waals surface area contributed by atoms with Gasteiger partial charge in [-0.3, -0.25) is 0 Å². The summed E-state index contributed by atoms with van der Waals surface area (Å²) in [6.45, 7) is 6.22. The van der Waals surface area contributed by atoms with Crippen LogP contribution >= 0.6 is 11.3 Å². The van der Waals surface area contributed by atoms with Gasteiger partial charge in [-0.2, -0.15) is 0 Å². The molecule has 2 nitrogen and oxygen atoms in total. The molecule has 0 saturated carbocycles. The number of nitrogens with zero attached hydrogens (tertiary/aromatic N) is 1. The number of aromatic nitrogens is 1. The summed E-state index contributed by atoms with van der Waals surface area (Å²) in [6, 6.07) is 2.30. The minimum Gasteiger partial charge on any atom is -0.305 e. The summed E-state index contributed by atoms with van der Waals surface area (Å²) in [7, 11) is 0. The van der Waals surface area contributed by atoms with Gasteiger partial charge in [-0.1, -0.05) is 13.0 Å². The first-order chi connectivity index (χ1) is 9.56. The summed E-state index contributed by atoms with van der Waals surface area (Å²) in [6.07, 6.45) is 0.892. The summed E-state index contributed by atoms with van der Waals surface area (Å²) >= 11 is 1.42. The maximum absolute atomic E-state index is 14.4. The van der Waals surface area contributed by atoms with Gasteiger partial charge in [0, 0.05) is 10.4 Å². The molecule has 0 radical (unpaired) electrons. The van der Waals surface area contributed by atoms with Crippen molar-refractivity contribution < 1.29 is 8.78 Å². The number of nitrogens with one attached hydrogen (secondary N) is 1. The lowest BCUT2D eigenvalue weighted by Crippen LogP contribution is -2.25. The third-order valence-electron chi connectivity index (χ3n) is 3.25. The second-order valence-corrected chi connectivity index (χ2v) is 5.67. The molecule has 2 rings (SSSR count). The van der Waals surface area contributed by atoms with Gasteiger partial charge in [0.2, 0.25) is 0 Å². The molecule has 1 aromatic carbocycles. The Kier molecular flexibility index (Phi) is 4.83. The molecule has 0 aliphatic heterocycles. The lowest BCUT2D eigenvalue weighted by molar-refractivity contribution is 0.501. The van der Waals surface area contributed by atoms with Crippen LogP contribution in [0.3, 0.4) is 0 Å². The van der Waals surface area contributed by atoms with Gasteiger partial charge in [-0.25, -0.2) is 13.8 Å². The summed E-state index contributed by atoms with van der Waals surface area (Å²) < 4.78 is 28.5. The number of benzene rings is 1. The molecular weight excluding hydrogens is 278 g/mol. The average molecular weight is 296 g/mol. The van der Waals surface area contributed by atoms with Crippen LogP contribution in [-0.4, -0.2) is 11.5 Å². The van der Waals surface area contributed by atoms with Crippen molar-refractivity contribution in [1.29, 1.82) is 0 Å². The molecular formula is C15H18F2N2S. The van der Waals surface area contributed by atoms with Crippen LogP contribution in [0, 0.1) is 25.5 Å². The molecule has 0 saturated heterocycles. The molecule has 0 bridgehead atoms. The van der Waals surface area contributed by atoms with E-state index in [1.807, 2.05) is 13.8 Å². The van der Waals surface area contributed by atoms with Crippen molar-refractivity contribution in [3.05, 3.63) is 51.0 Å². The second kappa shape index (κ2) is 6.41. The fraction of sp³-hybridized carbons (Fsp3) is 0.400. The van der Waals surface area contributed by atoms with E-state index >= 15 is 0 Å². The third-order valence-corrected chi connectivity index (χ3v) is 4.25. The first-order valence-corrected chi connectivity index (χ1v) is 7.52. The zero-order valence-electron chi connectivity index (χ0n) is 11.8. The van der Waals surface area contributed by atoms with Crippen LogP contribution in [0.25, 0.3) is 0 Å². The smallest absolute Gasteiger partial charge is 0.134 e. The Hall–Kier alpha value is -1.33. The van der Waals surface area contributed by atoms with Gasteiger partial charge in [0.05, 0.1) is 17.2 Å². The summed E-state index contributed by atoms with van der Waals surface area (Å²) in [4.78, 5) is 5.05. The van der Waals surface area contributed by atoms with Crippen LogP contribution < -0.4 is 5.32 Å². The highest BCUT2D eigenvalue weighted by atomic mass is 32.1. The van der Waals surface area contributed by atoms with E-state index in [0.717, 1.165) is 17.0 Å². The first-order valence-electron chi connectivity index (χ1n) is 6.64. The second-order valence-electron chi connectivity index (χ2n) is 4.78. The molecule has 5 heteroatoms. The lowest BCUT2D eigenvalue weighted by Gasteiger charge is -2.20. The van der Waals surface area contributed by atoms with Gasteiger partial charge < -0.3 is 5.32 Å². The highest BCUT2D eigenvalue weighted by Gasteiger charge is 2.25. The van der Waals surface area contributed by atoms with Crippen LogP contribution in [0.5, 0.6) is 0 Å². The normalized spacial score (nSPS) is 12.7. The van der Waals surface area contributed by atoms with Crippen LogP contribution in [0.1, 0.15) is 41.1 Å². The van der Waals surface area contributed by atoms with E-state index in [1.165, 1.54) is 23.5 Å². The predicted molar refractivity (Wildman–Crippen MR) is 78.1 cm³/mol. The molecule has 1 heterocycles. The van der Waals surface area contributed by atoms with Gasteiger partial charge in [0.15, 0.2) is 0 Å². The van der Waals surface area contributed by atoms with E-state index in [0.29, 0.717) is 12.1 Å². The maximum Gasteiger partial charge on any atom is 0.134 e. The maximum atomic E-state index is 14.4. The number of halogens is 2. The molecule has 1 atom stereocenters. The van der Waals surface area contributed by atoms with Crippen molar-refractivity contribution >= 4 is 11.3 Å². The van der Waals surface area contributed by atoms with Gasteiger partial charge in [-0.05, 0) is 38.4 Å². The topological polar surface area (TPSA) is 24.9 Å². The van der Waals surface area contributed by atoms with Gasteiger partial charge in [-0.15, -0.1) is 11.3 Å². The number of thiazole rings is 1. The third kappa shape index (κ3) is 2.88. The number of hydrogen-bond acceptors (Lipinski definition) is 3. The number of aryl methyl sites for hydroxylation is 2. The zero-order valence-corrected chi connectivity index (χ0v) is 12.7. The van der Waals surface area contributed by atoms with Crippen molar-refractivity contribution in [1.82, 2.24) is 10.3 Å². The summed E-state index contributed by atoms with van der Waals surface area (Å²) in [5, 5.41) is 3.23. The number of hydrogen-bond donors (Lipinski definition) is 1. The van der Waals surface area contributed by atoms with Crippen molar-refractivity contribution in [3.8, 4) is 0 Å². The lowest BCUT2D eigenvalue weighted by atomic mass is 10.00. The van der Waals surface area contributed by atoms with Crippen molar-refractivity contribution in [2.45, 2.75) is 33.2 Å². The van der Waals surface area contributed by atoms with Crippen molar-refractivity contribution in [3.63, 3.8) is 0 Å².